The van der Waals surface area contributed by atoms with Crippen LogP contribution in [0.2, 0.25) is 0 Å². The quantitative estimate of drug-likeness (QED) is 0.163. The van der Waals surface area contributed by atoms with Crippen molar-refractivity contribution < 1.29 is 0 Å². The highest BCUT2D eigenvalue weighted by molar-refractivity contribution is 7.00. The molecule has 6 aliphatic rings. The zero-order chi connectivity index (χ0) is 79.8. The standard InChI is InChI=1S/C112H95BN4/c1-106(2,3)66-46-54-93-81(58-66)82-59-67(107(4,5)6)47-55-94(82)114(93)71-50-52-91-99(64-71)116(97-44-28-36-79-77-34-20-26-42-89(77)111(103(79)97)85-38-22-16-30-73(85)74-31-17-23-39-86(74)111)101-62-70(110(13,14)15)63-102-105(101)113(91)92-53-51-72(115-95-56-48-68(108(7,8)9)60-83(95)84-61-69(109(10,11)12)49-57-96(84)115)65-100(92)117(102)98-45-29-37-80-78-35-21-27-43-90(78)112(104(80)98)87-40-24-18-32-75(87)76-33-19-25-41-88(76)112/h16-65H,1-15H3. The number of hydrogen-bond donors (Lipinski definition) is 0. The number of aromatic nitrogens is 2. The Morgan fingerprint density at radius 1 is 0.222 bits per heavy atom. The van der Waals surface area contributed by atoms with Crippen molar-refractivity contribution >= 4 is 101 Å². The van der Waals surface area contributed by atoms with Gasteiger partial charge in [-0.25, -0.2) is 0 Å². The molecule has 2 aliphatic heterocycles. The van der Waals surface area contributed by atoms with Gasteiger partial charge in [-0.1, -0.05) is 310 Å². The van der Waals surface area contributed by atoms with Crippen LogP contribution >= 0.6 is 0 Å². The molecule has 17 aromatic rings. The van der Waals surface area contributed by atoms with Crippen LogP contribution in [-0.4, -0.2) is 15.8 Å². The van der Waals surface area contributed by atoms with E-state index in [2.05, 4.69) is 426 Å². The fraction of sp³-hybridized carbons (Fsp3) is 0.196. The van der Waals surface area contributed by atoms with Crippen molar-refractivity contribution in [3.63, 3.8) is 0 Å². The predicted octanol–water partition coefficient (Wildman–Crippen LogP) is 27.1. The molecule has 2 spiro atoms. The lowest BCUT2D eigenvalue weighted by Crippen LogP contribution is -2.61. The molecule has 0 saturated carbocycles. The van der Waals surface area contributed by atoms with Crippen LogP contribution < -0.4 is 26.2 Å². The highest BCUT2D eigenvalue weighted by atomic mass is 15.2. The first-order chi connectivity index (χ1) is 56.2. The molecule has 5 heteroatoms. The summed E-state index contributed by atoms with van der Waals surface area (Å²) in [5.41, 5.74) is 43.2. The van der Waals surface area contributed by atoms with Crippen LogP contribution in [0.3, 0.4) is 0 Å². The van der Waals surface area contributed by atoms with Gasteiger partial charge in [0.15, 0.2) is 0 Å². The second-order valence-corrected chi connectivity index (χ2v) is 39.5. The van der Waals surface area contributed by atoms with E-state index < -0.39 is 10.8 Å². The first-order valence-corrected chi connectivity index (χ1v) is 42.3. The molecule has 0 radical (unpaired) electrons. The predicted molar refractivity (Wildman–Crippen MR) is 495 cm³/mol. The summed E-state index contributed by atoms with van der Waals surface area (Å²) in [5, 5.41) is 5.09. The molecule has 23 rings (SSSR count). The van der Waals surface area contributed by atoms with Gasteiger partial charge in [-0.15, -0.1) is 0 Å². The van der Waals surface area contributed by atoms with Gasteiger partial charge in [-0.3, -0.25) is 0 Å². The van der Waals surface area contributed by atoms with E-state index in [1.54, 1.807) is 0 Å². The van der Waals surface area contributed by atoms with Gasteiger partial charge in [0.25, 0.3) is 6.71 Å². The highest BCUT2D eigenvalue weighted by Gasteiger charge is 2.57. The molecule has 2 aromatic heterocycles. The lowest BCUT2D eigenvalue weighted by atomic mass is 9.33. The minimum Gasteiger partial charge on any atom is -0.311 e. The molecule has 566 valence electrons. The van der Waals surface area contributed by atoms with Crippen molar-refractivity contribution in [3.8, 4) is 55.9 Å². The zero-order valence-corrected chi connectivity index (χ0v) is 69.7. The second kappa shape index (κ2) is 23.7. The summed E-state index contributed by atoms with van der Waals surface area (Å²) in [6.07, 6.45) is 0. The van der Waals surface area contributed by atoms with Crippen LogP contribution in [0.25, 0.3) is 99.5 Å². The van der Waals surface area contributed by atoms with Crippen molar-refractivity contribution in [3.05, 3.63) is 376 Å². The average Bonchev–Trinajstić information content (AvgIpc) is 1.52. The molecular formula is C112H95BN4. The summed E-state index contributed by atoms with van der Waals surface area (Å²) >= 11 is 0. The first kappa shape index (κ1) is 70.0. The van der Waals surface area contributed by atoms with Crippen LogP contribution in [0.1, 0.15) is 176 Å². The maximum atomic E-state index is 2.80. The zero-order valence-electron chi connectivity index (χ0n) is 69.7. The Bertz CT molecular complexity index is 6560. The Kier molecular flexibility index (Phi) is 14.2. The van der Waals surface area contributed by atoms with Crippen molar-refractivity contribution in [1.29, 1.82) is 0 Å². The molecule has 0 bridgehead atoms. The van der Waals surface area contributed by atoms with Crippen molar-refractivity contribution in [2.75, 3.05) is 9.80 Å². The molecule has 0 fully saturated rings. The molecule has 0 atom stereocenters. The van der Waals surface area contributed by atoms with Gasteiger partial charge >= 0.3 is 0 Å². The lowest BCUT2D eigenvalue weighted by molar-refractivity contribution is 0.590. The Hall–Kier alpha value is -12.4. The number of benzene rings is 15. The molecule has 0 unspecified atom stereocenters. The third-order valence-corrected chi connectivity index (χ3v) is 27.9. The van der Waals surface area contributed by atoms with Crippen LogP contribution in [-0.2, 0) is 37.9 Å². The van der Waals surface area contributed by atoms with Gasteiger partial charge in [0.2, 0.25) is 0 Å². The van der Waals surface area contributed by atoms with E-state index >= 15 is 0 Å². The van der Waals surface area contributed by atoms with Gasteiger partial charge in [-0.2, -0.15) is 0 Å². The van der Waals surface area contributed by atoms with E-state index in [9.17, 15) is 0 Å². The molecule has 0 amide bonds. The fourth-order valence-electron chi connectivity index (χ4n) is 22.3. The number of fused-ring (bicyclic) bond motifs is 30. The molecule has 4 heterocycles. The van der Waals surface area contributed by atoms with E-state index in [-0.39, 0.29) is 33.8 Å². The van der Waals surface area contributed by atoms with Gasteiger partial charge in [-0.05, 0) is 246 Å². The smallest absolute Gasteiger partial charge is 0.252 e. The van der Waals surface area contributed by atoms with E-state index in [1.807, 2.05) is 0 Å². The minimum absolute atomic E-state index is 0.0647. The number of hydrogen-bond acceptors (Lipinski definition) is 2. The summed E-state index contributed by atoms with van der Waals surface area (Å²) in [6, 6.07) is 120. The van der Waals surface area contributed by atoms with Crippen molar-refractivity contribution in [2.45, 2.75) is 142 Å². The SMILES string of the molecule is CC(C)(C)c1cc2c3c(c1)N(c1cccc4c1C1(c5ccccc5-c5ccccc51)c1ccccc1-4)c1cc(-n4c5ccc(C(C)(C)C)cc5c5cc(C(C)(C)C)ccc54)ccc1B3c1ccc(-n3c4ccc(C(C)(C)C)cc4c4cc(C(C)(C)C)ccc43)cc1N2c1cccc2c1C1(c3ccccc3-c3ccccc31)c1ccccc1-2. The highest BCUT2D eigenvalue weighted by Crippen LogP contribution is 2.68. The molecule has 4 aliphatic carbocycles. The normalized spacial score (nSPS) is 14.9. The van der Waals surface area contributed by atoms with Crippen LogP contribution in [0, 0.1) is 0 Å². The van der Waals surface area contributed by atoms with Crippen LogP contribution in [0.15, 0.2) is 303 Å². The largest absolute Gasteiger partial charge is 0.311 e. The third-order valence-electron chi connectivity index (χ3n) is 27.9. The van der Waals surface area contributed by atoms with E-state index in [0.717, 1.165) is 22.7 Å². The Morgan fingerprint density at radius 3 is 0.769 bits per heavy atom. The van der Waals surface area contributed by atoms with Gasteiger partial charge < -0.3 is 18.9 Å². The van der Waals surface area contributed by atoms with Gasteiger partial charge in [0.1, 0.15) is 0 Å². The first-order valence-electron chi connectivity index (χ1n) is 42.3. The average molecular weight is 1510 g/mol. The Morgan fingerprint density at radius 2 is 0.487 bits per heavy atom. The number of anilines is 6. The number of nitrogens with zero attached hydrogens (tertiary/aromatic N) is 4. The molecule has 4 nitrogen and oxygen atoms in total. The summed E-state index contributed by atoms with van der Waals surface area (Å²) in [6.45, 7) is 35.2. The van der Waals surface area contributed by atoms with Crippen LogP contribution in [0.5, 0.6) is 0 Å². The summed E-state index contributed by atoms with van der Waals surface area (Å²) in [7, 11) is 0. The monoisotopic (exact) mass is 1510 g/mol. The van der Waals surface area contributed by atoms with E-state index in [0.29, 0.717) is 0 Å². The van der Waals surface area contributed by atoms with Gasteiger partial charge in [0.05, 0.1) is 44.3 Å². The Balaban J connectivity index is 0.875. The maximum Gasteiger partial charge on any atom is 0.252 e. The van der Waals surface area contributed by atoms with Crippen molar-refractivity contribution in [2.24, 2.45) is 0 Å². The summed E-state index contributed by atoms with van der Waals surface area (Å²) in [5.74, 6) is 0. The van der Waals surface area contributed by atoms with Gasteiger partial charge in [0, 0.05) is 66.8 Å². The topological polar surface area (TPSA) is 16.3 Å². The van der Waals surface area contributed by atoms with Crippen molar-refractivity contribution in [1.82, 2.24) is 9.13 Å². The van der Waals surface area contributed by atoms with E-state index in [1.165, 1.54) is 200 Å². The molecule has 0 N–H and O–H groups in total. The summed E-state index contributed by atoms with van der Waals surface area (Å²) < 4.78 is 5.19. The molecule has 15 aromatic carbocycles. The van der Waals surface area contributed by atoms with E-state index in [4.69, 9.17) is 0 Å². The number of rotatable bonds is 4. The molecular weight excluding hydrogens is 1410 g/mol. The lowest BCUT2D eigenvalue weighted by Gasteiger charge is -2.47. The Labute approximate surface area is 688 Å². The fourth-order valence-corrected chi connectivity index (χ4v) is 22.3. The minimum atomic E-state index is -0.680. The molecule has 0 saturated heterocycles. The maximum absolute atomic E-state index is 2.80. The third kappa shape index (κ3) is 9.38. The van der Waals surface area contributed by atoms with Crippen LogP contribution in [0.4, 0.5) is 34.1 Å². The second-order valence-electron chi connectivity index (χ2n) is 39.5. The molecule has 117 heavy (non-hydrogen) atoms. The summed E-state index contributed by atoms with van der Waals surface area (Å²) in [4.78, 5) is 5.60.